The van der Waals surface area contributed by atoms with Gasteiger partial charge in [0.05, 0.1) is 13.2 Å². The molecule has 0 aliphatic rings. The molecule has 6 heteroatoms. The fraction of sp³-hybridized carbons (Fsp3) is 0.667. The number of nitrogens with one attached hydrogen (secondary N) is 1. The monoisotopic (exact) mass is 314 g/mol. The summed E-state index contributed by atoms with van der Waals surface area (Å²) in [5, 5.41) is 4.12. The van der Waals surface area contributed by atoms with E-state index in [9.17, 15) is 4.79 Å². The van der Waals surface area contributed by atoms with E-state index >= 15 is 0 Å². The van der Waals surface area contributed by atoms with Crippen LogP contribution in [0.15, 0.2) is 0 Å². The van der Waals surface area contributed by atoms with Gasteiger partial charge < -0.3 is 20.5 Å². The predicted molar refractivity (Wildman–Crippen MR) is 88.4 cm³/mol. The molecule has 0 bridgehead atoms. The highest BCUT2D eigenvalue weighted by molar-refractivity contribution is 7.19. The Bertz CT molecular complexity index is 470. The average molecular weight is 314 g/mol. The summed E-state index contributed by atoms with van der Waals surface area (Å²) in [6, 6.07) is 0. The number of nitrogens with two attached hydrogens (primary N) is 1. The molecular weight excluding hydrogens is 288 g/mol. The molecule has 1 rings (SSSR count). The molecule has 0 aromatic carbocycles. The van der Waals surface area contributed by atoms with Crippen LogP contribution >= 0.6 is 11.3 Å². The Morgan fingerprint density at radius 1 is 1.33 bits per heavy atom. The molecular formula is C15H26N2O3S. The lowest BCUT2D eigenvalue weighted by molar-refractivity contribution is 0.0607. The Morgan fingerprint density at radius 2 is 2.00 bits per heavy atom. The van der Waals surface area contributed by atoms with Gasteiger partial charge in [-0.1, -0.05) is 13.8 Å². The van der Waals surface area contributed by atoms with Crippen molar-refractivity contribution in [1.29, 1.82) is 0 Å². The molecule has 0 radical (unpaired) electrons. The minimum atomic E-state index is -0.429. The number of hydrogen-bond donors (Lipinski definition) is 2. The average Bonchev–Trinajstić information content (AvgIpc) is 2.71. The maximum absolute atomic E-state index is 11.7. The van der Waals surface area contributed by atoms with Crippen molar-refractivity contribution in [1.82, 2.24) is 0 Å². The zero-order valence-electron chi connectivity index (χ0n) is 13.5. The molecule has 0 aliphatic heterocycles. The van der Waals surface area contributed by atoms with E-state index in [1.807, 2.05) is 13.8 Å². The van der Waals surface area contributed by atoms with E-state index in [4.69, 9.17) is 15.2 Å². The number of thiophene rings is 1. The van der Waals surface area contributed by atoms with Gasteiger partial charge in [0, 0.05) is 6.54 Å². The van der Waals surface area contributed by atoms with Crippen LogP contribution in [0.25, 0.3) is 0 Å². The van der Waals surface area contributed by atoms with Gasteiger partial charge in [0.25, 0.3) is 0 Å². The summed E-state index contributed by atoms with van der Waals surface area (Å²) in [6.45, 7) is 9.08. The first kappa shape index (κ1) is 17.6. The molecule has 0 spiro atoms. The quantitative estimate of drug-likeness (QED) is 0.564. The number of rotatable bonds is 8. The van der Waals surface area contributed by atoms with Crippen LogP contribution in [0, 0.1) is 5.92 Å². The Morgan fingerprint density at radius 3 is 2.52 bits per heavy atom. The highest BCUT2D eigenvalue weighted by Gasteiger charge is 2.23. The van der Waals surface area contributed by atoms with Crippen LogP contribution in [0.4, 0.5) is 10.7 Å². The number of nitrogen functional groups attached to an aromatic ring is 1. The number of methoxy groups -OCH3 is 1. The molecule has 0 aliphatic carbocycles. The number of esters is 1. The number of hydrogen-bond acceptors (Lipinski definition) is 6. The number of ether oxygens (including phenoxy) is 2. The highest BCUT2D eigenvalue weighted by atomic mass is 32.1. The summed E-state index contributed by atoms with van der Waals surface area (Å²) in [7, 11) is 1.35. The lowest BCUT2D eigenvalue weighted by atomic mass is 10.1. The van der Waals surface area contributed by atoms with Crippen molar-refractivity contribution in [2.45, 2.75) is 46.6 Å². The van der Waals surface area contributed by atoms with Gasteiger partial charge in [0.15, 0.2) is 5.75 Å². The Balaban J connectivity index is 2.86. The number of anilines is 2. The minimum Gasteiger partial charge on any atom is -0.486 e. The molecule has 120 valence electrons. The van der Waals surface area contributed by atoms with Crippen molar-refractivity contribution >= 4 is 28.0 Å². The maximum atomic E-state index is 11.7. The third kappa shape index (κ3) is 5.12. The molecule has 0 saturated heterocycles. The number of carbonyl (C=O) groups excluding carboxylic acids is 1. The summed E-state index contributed by atoms with van der Waals surface area (Å²) < 4.78 is 10.5. The van der Waals surface area contributed by atoms with Crippen LogP contribution in [0.1, 0.15) is 50.2 Å². The standard InChI is InChI=1S/C15H26N2O3S/c1-9(2)7-6-8-17-14-12(20-10(3)4)11(16)13(21-14)15(18)19-5/h9-10,17H,6-8,16H2,1-5H3. The lowest BCUT2D eigenvalue weighted by Crippen LogP contribution is -2.10. The van der Waals surface area contributed by atoms with Crippen molar-refractivity contribution < 1.29 is 14.3 Å². The van der Waals surface area contributed by atoms with Crippen LogP contribution in [-0.2, 0) is 4.74 Å². The predicted octanol–water partition coefficient (Wildman–Crippen LogP) is 3.75. The van der Waals surface area contributed by atoms with E-state index in [0.717, 1.165) is 24.4 Å². The van der Waals surface area contributed by atoms with Gasteiger partial charge in [-0.3, -0.25) is 0 Å². The lowest BCUT2D eigenvalue weighted by Gasteiger charge is -2.13. The van der Waals surface area contributed by atoms with Crippen molar-refractivity contribution in [3.05, 3.63) is 4.88 Å². The summed E-state index contributed by atoms with van der Waals surface area (Å²) in [4.78, 5) is 12.1. The zero-order chi connectivity index (χ0) is 16.0. The first-order chi connectivity index (χ1) is 9.86. The van der Waals surface area contributed by atoms with E-state index in [1.54, 1.807) is 0 Å². The van der Waals surface area contributed by atoms with Crippen LogP contribution < -0.4 is 15.8 Å². The van der Waals surface area contributed by atoms with Gasteiger partial charge in [-0.15, -0.1) is 11.3 Å². The van der Waals surface area contributed by atoms with Crippen LogP contribution in [0.2, 0.25) is 0 Å². The largest absolute Gasteiger partial charge is 0.486 e. The smallest absolute Gasteiger partial charge is 0.350 e. The summed E-state index contributed by atoms with van der Waals surface area (Å²) in [6.07, 6.45) is 2.20. The van der Waals surface area contributed by atoms with E-state index in [2.05, 4.69) is 19.2 Å². The van der Waals surface area contributed by atoms with Gasteiger partial charge in [-0.05, 0) is 32.6 Å². The first-order valence-electron chi connectivity index (χ1n) is 7.27. The third-order valence-electron chi connectivity index (χ3n) is 2.87. The Labute approximate surface area is 130 Å². The van der Waals surface area contributed by atoms with Gasteiger partial charge in [0.1, 0.15) is 15.6 Å². The highest BCUT2D eigenvalue weighted by Crippen LogP contribution is 2.43. The molecule has 1 aromatic heterocycles. The molecule has 0 unspecified atom stereocenters. The van der Waals surface area contributed by atoms with E-state index < -0.39 is 5.97 Å². The van der Waals surface area contributed by atoms with Gasteiger partial charge in [-0.2, -0.15) is 0 Å². The third-order valence-corrected chi connectivity index (χ3v) is 3.99. The normalized spacial score (nSPS) is 11.0. The van der Waals surface area contributed by atoms with E-state index in [-0.39, 0.29) is 6.10 Å². The minimum absolute atomic E-state index is 0.0105. The fourth-order valence-electron chi connectivity index (χ4n) is 1.85. The summed E-state index contributed by atoms with van der Waals surface area (Å²) >= 11 is 1.28. The second-order valence-electron chi connectivity index (χ2n) is 5.62. The Hall–Kier alpha value is -1.43. The fourth-order valence-corrected chi connectivity index (χ4v) is 2.85. The molecule has 0 atom stereocenters. The summed E-state index contributed by atoms with van der Waals surface area (Å²) in [5.74, 6) is 0.804. The molecule has 5 nitrogen and oxygen atoms in total. The van der Waals surface area contributed by atoms with Gasteiger partial charge in [-0.25, -0.2) is 4.79 Å². The molecule has 1 heterocycles. The molecule has 0 amide bonds. The molecule has 0 fully saturated rings. The molecule has 21 heavy (non-hydrogen) atoms. The topological polar surface area (TPSA) is 73.6 Å². The van der Waals surface area contributed by atoms with Gasteiger partial charge >= 0.3 is 5.97 Å². The zero-order valence-corrected chi connectivity index (χ0v) is 14.3. The van der Waals surface area contributed by atoms with Crippen molar-refractivity contribution in [3.8, 4) is 5.75 Å². The van der Waals surface area contributed by atoms with E-state index in [1.165, 1.54) is 18.4 Å². The maximum Gasteiger partial charge on any atom is 0.350 e. The second-order valence-corrected chi connectivity index (χ2v) is 6.64. The van der Waals surface area contributed by atoms with Crippen molar-refractivity contribution in [2.24, 2.45) is 5.92 Å². The SMILES string of the molecule is COC(=O)c1sc(NCCCC(C)C)c(OC(C)C)c1N. The number of carbonyl (C=O) groups is 1. The van der Waals surface area contributed by atoms with Crippen LogP contribution in [0.5, 0.6) is 5.75 Å². The first-order valence-corrected chi connectivity index (χ1v) is 8.09. The second kappa shape index (κ2) is 8.12. The summed E-state index contributed by atoms with van der Waals surface area (Å²) in [5.41, 5.74) is 6.38. The van der Waals surface area contributed by atoms with Crippen LogP contribution in [-0.4, -0.2) is 25.7 Å². The molecule has 3 N–H and O–H groups in total. The van der Waals surface area contributed by atoms with E-state index in [0.29, 0.717) is 22.2 Å². The van der Waals surface area contributed by atoms with Crippen molar-refractivity contribution in [2.75, 3.05) is 24.7 Å². The molecule has 0 saturated carbocycles. The van der Waals surface area contributed by atoms with Crippen LogP contribution in [0.3, 0.4) is 0 Å². The Kier molecular flexibility index (Phi) is 6.81. The molecule has 1 aromatic rings. The van der Waals surface area contributed by atoms with Gasteiger partial charge in [0.2, 0.25) is 0 Å². The van der Waals surface area contributed by atoms with Crippen molar-refractivity contribution in [3.63, 3.8) is 0 Å².